The first-order chi connectivity index (χ1) is 9.16. The summed E-state index contributed by atoms with van der Waals surface area (Å²) < 4.78 is 65.7. The quantitative estimate of drug-likeness (QED) is 0.821. The number of halogens is 3. The van der Waals surface area contributed by atoms with E-state index >= 15 is 0 Å². The Bertz CT molecular complexity index is 541. The number of rotatable bonds is 6. The van der Waals surface area contributed by atoms with Crippen molar-refractivity contribution in [2.24, 2.45) is 0 Å². The molecule has 0 amide bonds. The van der Waals surface area contributed by atoms with Gasteiger partial charge in [-0.15, -0.1) is 0 Å². The molecule has 0 heterocycles. The number of hydrogen-bond acceptors (Lipinski definition) is 4. The number of para-hydroxylation sites is 1. The SMILES string of the molecule is CC(C)OCCNc1ccccc1S(=O)(=O)C(F)(F)F. The lowest BCUT2D eigenvalue weighted by Gasteiger charge is -2.14. The third kappa shape index (κ3) is 4.11. The molecular weight excluding hydrogens is 295 g/mol. The molecule has 4 nitrogen and oxygen atoms in total. The van der Waals surface area contributed by atoms with Crippen molar-refractivity contribution in [3.8, 4) is 0 Å². The van der Waals surface area contributed by atoms with Crippen molar-refractivity contribution in [1.29, 1.82) is 0 Å². The van der Waals surface area contributed by atoms with E-state index in [1.807, 2.05) is 13.8 Å². The maximum Gasteiger partial charge on any atom is 0.501 e. The van der Waals surface area contributed by atoms with Gasteiger partial charge in [-0.25, -0.2) is 8.42 Å². The largest absolute Gasteiger partial charge is 0.501 e. The van der Waals surface area contributed by atoms with Gasteiger partial charge in [-0.1, -0.05) is 12.1 Å². The molecule has 1 aromatic carbocycles. The summed E-state index contributed by atoms with van der Waals surface area (Å²) in [6, 6.07) is 4.91. The van der Waals surface area contributed by atoms with Crippen LogP contribution in [0.25, 0.3) is 0 Å². The highest BCUT2D eigenvalue weighted by atomic mass is 32.2. The molecule has 20 heavy (non-hydrogen) atoms. The van der Waals surface area contributed by atoms with Crippen LogP contribution in [-0.2, 0) is 14.6 Å². The summed E-state index contributed by atoms with van der Waals surface area (Å²) in [5.41, 5.74) is -5.41. The lowest BCUT2D eigenvalue weighted by atomic mass is 10.3. The van der Waals surface area contributed by atoms with Crippen molar-refractivity contribution in [2.45, 2.75) is 30.4 Å². The highest BCUT2D eigenvalue weighted by Crippen LogP contribution is 2.34. The molecule has 0 aromatic heterocycles. The van der Waals surface area contributed by atoms with E-state index in [9.17, 15) is 21.6 Å². The lowest BCUT2D eigenvalue weighted by molar-refractivity contribution is -0.0435. The van der Waals surface area contributed by atoms with Gasteiger partial charge in [-0.2, -0.15) is 13.2 Å². The van der Waals surface area contributed by atoms with Crippen LogP contribution in [0, 0.1) is 0 Å². The topological polar surface area (TPSA) is 55.4 Å². The van der Waals surface area contributed by atoms with Gasteiger partial charge in [0.25, 0.3) is 9.84 Å². The van der Waals surface area contributed by atoms with Crippen molar-refractivity contribution >= 4 is 15.5 Å². The molecule has 8 heteroatoms. The minimum absolute atomic E-state index is 0.00838. The van der Waals surface area contributed by atoms with Crippen LogP contribution in [0.3, 0.4) is 0 Å². The molecule has 1 aromatic rings. The third-order valence-electron chi connectivity index (χ3n) is 2.35. The van der Waals surface area contributed by atoms with Gasteiger partial charge in [0.15, 0.2) is 0 Å². The summed E-state index contributed by atoms with van der Waals surface area (Å²) in [6.45, 7) is 4.12. The van der Waals surface area contributed by atoms with Gasteiger partial charge in [0.05, 0.1) is 23.3 Å². The standard InChI is InChI=1S/C12H16F3NO3S/c1-9(2)19-8-7-16-10-5-3-4-6-11(10)20(17,18)12(13,14)15/h3-6,9,16H,7-8H2,1-2H3. The predicted octanol–water partition coefficient (Wildman–Crippen LogP) is 2.82. The number of anilines is 1. The summed E-state index contributed by atoms with van der Waals surface area (Å²) in [4.78, 5) is -0.781. The highest BCUT2D eigenvalue weighted by Gasteiger charge is 2.47. The van der Waals surface area contributed by atoms with Gasteiger partial charge in [-0.05, 0) is 26.0 Å². The number of benzene rings is 1. The second kappa shape index (κ2) is 6.45. The molecule has 0 aliphatic carbocycles. The number of ether oxygens (including phenoxy) is 1. The molecule has 0 aliphatic heterocycles. The van der Waals surface area contributed by atoms with Gasteiger partial charge in [-0.3, -0.25) is 0 Å². The smallest absolute Gasteiger partial charge is 0.382 e. The maximum atomic E-state index is 12.6. The average molecular weight is 311 g/mol. The van der Waals surface area contributed by atoms with E-state index in [2.05, 4.69) is 5.32 Å². The number of sulfone groups is 1. The molecule has 0 atom stereocenters. The minimum atomic E-state index is -5.36. The lowest BCUT2D eigenvalue weighted by Crippen LogP contribution is -2.24. The summed E-state index contributed by atoms with van der Waals surface area (Å²) >= 11 is 0. The Labute approximate surface area is 115 Å². The molecule has 0 saturated carbocycles. The molecule has 0 aliphatic rings. The van der Waals surface area contributed by atoms with Crippen LogP contribution < -0.4 is 5.32 Å². The fourth-order valence-electron chi connectivity index (χ4n) is 1.45. The first-order valence-corrected chi connectivity index (χ1v) is 7.40. The van der Waals surface area contributed by atoms with Gasteiger partial charge in [0.2, 0.25) is 0 Å². The van der Waals surface area contributed by atoms with Gasteiger partial charge in [0, 0.05) is 6.54 Å². The Morgan fingerprint density at radius 3 is 2.40 bits per heavy atom. The Balaban J connectivity index is 2.90. The Kier molecular flexibility index (Phi) is 5.41. The first-order valence-electron chi connectivity index (χ1n) is 5.92. The van der Waals surface area contributed by atoms with Crippen LogP contribution in [0.15, 0.2) is 29.2 Å². The normalized spacial score (nSPS) is 12.7. The molecule has 0 radical (unpaired) electrons. The molecule has 0 spiro atoms. The zero-order chi connectivity index (χ0) is 15.4. The molecule has 0 bridgehead atoms. The van der Waals surface area contributed by atoms with Crippen molar-refractivity contribution in [3.05, 3.63) is 24.3 Å². The number of hydrogen-bond donors (Lipinski definition) is 1. The average Bonchev–Trinajstić information content (AvgIpc) is 2.33. The van der Waals surface area contributed by atoms with Crippen LogP contribution in [0.2, 0.25) is 0 Å². The van der Waals surface area contributed by atoms with E-state index in [-0.39, 0.29) is 24.9 Å². The van der Waals surface area contributed by atoms with Crippen LogP contribution in [0.1, 0.15) is 13.8 Å². The molecule has 0 saturated heterocycles. The van der Waals surface area contributed by atoms with Crippen LogP contribution in [0.5, 0.6) is 0 Å². The fourth-order valence-corrected chi connectivity index (χ4v) is 2.39. The number of nitrogens with one attached hydrogen (secondary N) is 1. The summed E-state index contributed by atoms with van der Waals surface area (Å²) in [5.74, 6) is 0. The van der Waals surface area contributed by atoms with Crippen LogP contribution in [-0.4, -0.2) is 33.2 Å². The van der Waals surface area contributed by atoms with Crippen molar-refractivity contribution in [2.75, 3.05) is 18.5 Å². The summed E-state index contributed by atoms with van der Waals surface area (Å²) in [7, 11) is -5.36. The maximum absolute atomic E-state index is 12.6. The molecule has 0 unspecified atom stereocenters. The Hall–Kier alpha value is -1.28. The second-order valence-electron chi connectivity index (χ2n) is 4.29. The van der Waals surface area contributed by atoms with Gasteiger partial charge in [0.1, 0.15) is 0 Å². The van der Waals surface area contributed by atoms with Crippen molar-refractivity contribution in [1.82, 2.24) is 0 Å². The first kappa shape index (κ1) is 16.8. The second-order valence-corrected chi connectivity index (χ2v) is 6.20. The van der Waals surface area contributed by atoms with Crippen molar-refractivity contribution in [3.63, 3.8) is 0 Å². The minimum Gasteiger partial charge on any atom is -0.382 e. The molecule has 1 rings (SSSR count). The predicted molar refractivity (Wildman–Crippen MR) is 69.3 cm³/mol. The van der Waals surface area contributed by atoms with Crippen LogP contribution in [0.4, 0.5) is 18.9 Å². The van der Waals surface area contributed by atoms with Crippen LogP contribution >= 0.6 is 0 Å². The van der Waals surface area contributed by atoms with Gasteiger partial charge >= 0.3 is 5.51 Å². The zero-order valence-corrected chi connectivity index (χ0v) is 11.9. The summed E-state index contributed by atoms with van der Waals surface area (Å²) in [5, 5.41) is 2.64. The fraction of sp³-hybridized carbons (Fsp3) is 0.500. The summed E-state index contributed by atoms with van der Waals surface area (Å²) in [6.07, 6.45) is -0.00838. The van der Waals surface area contributed by atoms with E-state index in [4.69, 9.17) is 4.74 Å². The zero-order valence-electron chi connectivity index (χ0n) is 11.1. The van der Waals surface area contributed by atoms with E-state index in [1.165, 1.54) is 18.2 Å². The molecule has 1 N–H and O–H groups in total. The van der Waals surface area contributed by atoms with Crippen molar-refractivity contribution < 1.29 is 26.3 Å². The molecule has 114 valence electrons. The Morgan fingerprint density at radius 2 is 1.85 bits per heavy atom. The Morgan fingerprint density at radius 1 is 1.25 bits per heavy atom. The van der Waals surface area contributed by atoms with E-state index in [0.717, 1.165) is 6.07 Å². The number of alkyl halides is 3. The third-order valence-corrected chi connectivity index (χ3v) is 3.89. The van der Waals surface area contributed by atoms with E-state index in [0.29, 0.717) is 0 Å². The molecule has 0 fully saturated rings. The van der Waals surface area contributed by atoms with Gasteiger partial charge < -0.3 is 10.1 Å². The monoisotopic (exact) mass is 311 g/mol. The highest BCUT2D eigenvalue weighted by molar-refractivity contribution is 7.92. The van der Waals surface area contributed by atoms with E-state index < -0.39 is 20.2 Å². The van der Waals surface area contributed by atoms with E-state index in [1.54, 1.807) is 0 Å². The molecular formula is C12H16F3NO3S.